The summed E-state index contributed by atoms with van der Waals surface area (Å²) in [4.78, 5) is 14.5. The molecular weight excluding hydrogens is 266 g/mol. The normalized spacial score (nSPS) is 11.8. The number of ether oxygens (including phenoxy) is 2. The van der Waals surface area contributed by atoms with Crippen molar-refractivity contribution in [3.8, 4) is 5.75 Å². The van der Waals surface area contributed by atoms with E-state index in [9.17, 15) is 4.79 Å². The van der Waals surface area contributed by atoms with Gasteiger partial charge in [0.2, 0.25) is 0 Å². The van der Waals surface area contributed by atoms with E-state index in [-0.39, 0.29) is 6.10 Å². The van der Waals surface area contributed by atoms with Gasteiger partial charge >= 0.3 is 0 Å². The highest BCUT2D eigenvalue weighted by Gasteiger charge is 2.10. The van der Waals surface area contributed by atoms with Gasteiger partial charge in [0, 0.05) is 12.6 Å². The summed E-state index contributed by atoms with van der Waals surface area (Å²) < 4.78 is 11.5. The molecule has 0 fully saturated rings. The summed E-state index contributed by atoms with van der Waals surface area (Å²) in [5, 5.41) is 0. The molecule has 2 rings (SSSR count). The quantitative estimate of drug-likeness (QED) is 0.664. The number of carbonyl (C=O) groups is 1. The summed E-state index contributed by atoms with van der Waals surface area (Å²) in [5.41, 5.74) is 1.11. The maximum absolute atomic E-state index is 10.6. The monoisotopic (exact) mass is 285 g/mol. The SMILES string of the molecule is O=CCCC(COc1cccnc1)OCc1ccccc1. The Balaban J connectivity index is 1.83. The molecule has 0 spiro atoms. The minimum Gasteiger partial charge on any atom is -0.489 e. The zero-order valence-electron chi connectivity index (χ0n) is 11.9. The van der Waals surface area contributed by atoms with Crippen molar-refractivity contribution in [2.45, 2.75) is 25.6 Å². The molecule has 0 aliphatic carbocycles. The van der Waals surface area contributed by atoms with Gasteiger partial charge in [0.15, 0.2) is 0 Å². The van der Waals surface area contributed by atoms with Gasteiger partial charge in [-0.3, -0.25) is 4.98 Å². The molecule has 0 radical (unpaired) electrons. The highest BCUT2D eigenvalue weighted by Crippen LogP contribution is 2.11. The van der Waals surface area contributed by atoms with Crippen LogP contribution >= 0.6 is 0 Å². The molecule has 1 heterocycles. The van der Waals surface area contributed by atoms with Crippen molar-refractivity contribution < 1.29 is 14.3 Å². The van der Waals surface area contributed by atoms with E-state index in [1.807, 2.05) is 42.5 Å². The Morgan fingerprint density at radius 2 is 2.00 bits per heavy atom. The van der Waals surface area contributed by atoms with Crippen LogP contribution in [0, 0.1) is 0 Å². The molecule has 21 heavy (non-hydrogen) atoms. The van der Waals surface area contributed by atoms with Gasteiger partial charge in [0.05, 0.1) is 18.9 Å². The van der Waals surface area contributed by atoms with E-state index < -0.39 is 0 Å². The third-order valence-electron chi connectivity index (χ3n) is 3.01. The molecule has 110 valence electrons. The average Bonchev–Trinajstić information content (AvgIpc) is 2.56. The fourth-order valence-electron chi connectivity index (χ4n) is 1.88. The second-order valence-electron chi connectivity index (χ2n) is 4.66. The van der Waals surface area contributed by atoms with E-state index in [1.165, 1.54) is 0 Å². The van der Waals surface area contributed by atoms with E-state index in [0.717, 1.165) is 11.8 Å². The standard InChI is InChI=1S/C17H19NO3/c19-11-5-9-17(14-21-16-8-4-10-18-12-16)20-13-15-6-2-1-3-7-15/h1-4,6-8,10-12,17H,5,9,13-14H2. The van der Waals surface area contributed by atoms with Gasteiger partial charge in [0.25, 0.3) is 0 Å². The topological polar surface area (TPSA) is 48.4 Å². The smallest absolute Gasteiger partial charge is 0.137 e. The lowest BCUT2D eigenvalue weighted by atomic mass is 10.2. The third-order valence-corrected chi connectivity index (χ3v) is 3.01. The molecule has 1 atom stereocenters. The molecule has 1 aromatic carbocycles. The second kappa shape index (κ2) is 8.87. The van der Waals surface area contributed by atoms with Gasteiger partial charge in [-0.1, -0.05) is 30.3 Å². The van der Waals surface area contributed by atoms with Crippen LogP contribution in [0.1, 0.15) is 18.4 Å². The Labute approximate surface area is 124 Å². The Morgan fingerprint density at radius 3 is 2.71 bits per heavy atom. The summed E-state index contributed by atoms with van der Waals surface area (Å²) >= 11 is 0. The van der Waals surface area contributed by atoms with Gasteiger partial charge in [0.1, 0.15) is 18.6 Å². The summed E-state index contributed by atoms with van der Waals surface area (Å²) in [6.07, 6.45) is 5.27. The summed E-state index contributed by atoms with van der Waals surface area (Å²) in [5.74, 6) is 0.705. The largest absolute Gasteiger partial charge is 0.489 e. The van der Waals surface area contributed by atoms with Gasteiger partial charge in [-0.05, 0) is 24.1 Å². The van der Waals surface area contributed by atoms with Crippen LogP contribution in [-0.4, -0.2) is 24.0 Å². The van der Waals surface area contributed by atoms with Crippen LogP contribution in [0.25, 0.3) is 0 Å². The van der Waals surface area contributed by atoms with Crippen molar-refractivity contribution in [3.05, 3.63) is 60.4 Å². The molecule has 0 saturated carbocycles. The maximum Gasteiger partial charge on any atom is 0.137 e. The number of hydrogen-bond donors (Lipinski definition) is 0. The van der Waals surface area contributed by atoms with Crippen LogP contribution in [0.5, 0.6) is 5.75 Å². The molecule has 4 heteroatoms. The lowest BCUT2D eigenvalue weighted by Crippen LogP contribution is -2.22. The zero-order chi connectivity index (χ0) is 14.8. The number of rotatable bonds is 9. The Hall–Kier alpha value is -2.20. The van der Waals surface area contributed by atoms with Crippen LogP contribution < -0.4 is 4.74 Å². The molecule has 0 aliphatic heterocycles. The lowest BCUT2D eigenvalue weighted by molar-refractivity contribution is -0.108. The fraction of sp³-hybridized carbons (Fsp3) is 0.294. The predicted octanol–water partition coefficient (Wildman–Crippen LogP) is 3.02. The molecule has 4 nitrogen and oxygen atoms in total. The first-order valence-electron chi connectivity index (χ1n) is 7.00. The lowest BCUT2D eigenvalue weighted by Gasteiger charge is -2.17. The van der Waals surface area contributed by atoms with Crippen LogP contribution in [0.3, 0.4) is 0 Å². The number of carbonyl (C=O) groups excluding carboxylic acids is 1. The summed E-state index contributed by atoms with van der Waals surface area (Å²) in [6.45, 7) is 0.924. The predicted molar refractivity (Wildman–Crippen MR) is 80.0 cm³/mol. The van der Waals surface area contributed by atoms with Gasteiger partial charge in [-0.15, -0.1) is 0 Å². The van der Waals surface area contributed by atoms with Crippen LogP contribution in [0.2, 0.25) is 0 Å². The van der Waals surface area contributed by atoms with E-state index in [2.05, 4.69) is 4.98 Å². The first kappa shape index (κ1) is 15.2. The van der Waals surface area contributed by atoms with Crippen LogP contribution in [0.15, 0.2) is 54.9 Å². The zero-order valence-corrected chi connectivity index (χ0v) is 11.9. The maximum atomic E-state index is 10.6. The molecule has 0 bridgehead atoms. The van der Waals surface area contributed by atoms with E-state index >= 15 is 0 Å². The van der Waals surface area contributed by atoms with Gasteiger partial charge < -0.3 is 14.3 Å². The molecule has 1 unspecified atom stereocenters. The molecule has 0 saturated heterocycles. The van der Waals surface area contributed by atoms with Gasteiger partial charge in [-0.25, -0.2) is 0 Å². The number of nitrogens with zero attached hydrogens (tertiary/aromatic N) is 1. The highest BCUT2D eigenvalue weighted by molar-refractivity contribution is 5.49. The number of aldehydes is 1. The Morgan fingerprint density at radius 1 is 1.14 bits per heavy atom. The molecule has 0 amide bonds. The fourth-order valence-corrected chi connectivity index (χ4v) is 1.88. The van der Waals surface area contributed by atoms with E-state index in [0.29, 0.717) is 31.8 Å². The Kier molecular flexibility index (Phi) is 6.42. The minimum absolute atomic E-state index is 0.115. The van der Waals surface area contributed by atoms with Crippen molar-refractivity contribution in [1.29, 1.82) is 0 Å². The molecule has 1 aromatic heterocycles. The molecule has 0 N–H and O–H groups in total. The second-order valence-corrected chi connectivity index (χ2v) is 4.66. The van der Waals surface area contributed by atoms with Crippen LogP contribution in [0.4, 0.5) is 0 Å². The van der Waals surface area contributed by atoms with Crippen molar-refractivity contribution in [1.82, 2.24) is 4.98 Å². The molecular formula is C17H19NO3. The number of pyridine rings is 1. The average molecular weight is 285 g/mol. The van der Waals surface area contributed by atoms with Gasteiger partial charge in [-0.2, -0.15) is 0 Å². The number of aromatic nitrogens is 1. The van der Waals surface area contributed by atoms with E-state index in [1.54, 1.807) is 12.4 Å². The van der Waals surface area contributed by atoms with Crippen molar-refractivity contribution in [2.24, 2.45) is 0 Å². The van der Waals surface area contributed by atoms with Crippen molar-refractivity contribution in [2.75, 3.05) is 6.61 Å². The molecule has 0 aliphatic rings. The van der Waals surface area contributed by atoms with E-state index in [4.69, 9.17) is 9.47 Å². The number of hydrogen-bond acceptors (Lipinski definition) is 4. The first-order valence-corrected chi connectivity index (χ1v) is 7.00. The first-order chi connectivity index (χ1) is 10.4. The third kappa shape index (κ3) is 5.75. The van der Waals surface area contributed by atoms with Crippen molar-refractivity contribution >= 4 is 6.29 Å². The minimum atomic E-state index is -0.115. The Bertz CT molecular complexity index is 473. The molecule has 2 aromatic rings. The summed E-state index contributed by atoms with van der Waals surface area (Å²) in [7, 11) is 0. The summed E-state index contributed by atoms with van der Waals surface area (Å²) in [6, 6.07) is 13.6. The van der Waals surface area contributed by atoms with Crippen molar-refractivity contribution in [3.63, 3.8) is 0 Å². The highest BCUT2D eigenvalue weighted by atomic mass is 16.5. The van der Waals surface area contributed by atoms with Crippen LogP contribution in [-0.2, 0) is 16.1 Å². The number of benzene rings is 1.